The molecule has 126 valence electrons. The second kappa shape index (κ2) is 7.01. The molecule has 2 aromatic carbocycles. The zero-order valence-electron chi connectivity index (χ0n) is 13.9. The quantitative estimate of drug-likeness (QED) is 0.868. The Bertz CT molecular complexity index is 718. The van der Waals surface area contributed by atoms with Crippen LogP contribution >= 0.6 is 0 Å². The van der Waals surface area contributed by atoms with Crippen LogP contribution in [0.15, 0.2) is 48.5 Å². The Morgan fingerprint density at radius 3 is 2.62 bits per heavy atom. The second-order valence-corrected chi connectivity index (χ2v) is 6.03. The number of halogens is 1. The van der Waals surface area contributed by atoms with E-state index in [4.69, 9.17) is 4.74 Å². The van der Waals surface area contributed by atoms with E-state index in [1.165, 1.54) is 12.1 Å². The van der Waals surface area contributed by atoms with Crippen LogP contribution in [0.3, 0.4) is 0 Å². The van der Waals surface area contributed by atoms with Crippen molar-refractivity contribution in [1.82, 2.24) is 9.80 Å². The largest absolute Gasteiger partial charge is 0.497 e. The number of piperazine rings is 1. The first-order valence-electron chi connectivity index (χ1n) is 7.97. The molecule has 24 heavy (non-hydrogen) atoms. The average molecular weight is 328 g/mol. The maximum atomic E-state index is 13.2. The Hall–Kier alpha value is -2.40. The summed E-state index contributed by atoms with van der Waals surface area (Å²) in [6.07, 6.45) is 0. The van der Waals surface area contributed by atoms with E-state index in [1.54, 1.807) is 31.4 Å². The van der Waals surface area contributed by atoms with Gasteiger partial charge in [0.25, 0.3) is 5.91 Å². The van der Waals surface area contributed by atoms with Crippen molar-refractivity contribution in [3.63, 3.8) is 0 Å². The predicted octanol–water partition coefficient (Wildman–Crippen LogP) is 2.96. The summed E-state index contributed by atoms with van der Waals surface area (Å²) >= 11 is 0. The van der Waals surface area contributed by atoms with Gasteiger partial charge in [0.1, 0.15) is 11.6 Å². The normalized spacial score (nSPS) is 18.5. The molecule has 1 fully saturated rings. The lowest BCUT2D eigenvalue weighted by molar-refractivity contribution is 0.0546. The number of rotatable bonds is 3. The molecule has 0 aliphatic carbocycles. The van der Waals surface area contributed by atoms with E-state index in [-0.39, 0.29) is 17.8 Å². The molecule has 1 unspecified atom stereocenters. The Morgan fingerprint density at radius 1 is 1.17 bits per heavy atom. The van der Waals surface area contributed by atoms with Gasteiger partial charge in [0.15, 0.2) is 0 Å². The summed E-state index contributed by atoms with van der Waals surface area (Å²) in [5.41, 5.74) is 1.64. The van der Waals surface area contributed by atoms with Gasteiger partial charge < -0.3 is 9.64 Å². The molecular weight excluding hydrogens is 307 g/mol. The first-order chi connectivity index (χ1) is 11.6. The highest BCUT2D eigenvalue weighted by Gasteiger charge is 2.29. The summed E-state index contributed by atoms with van der Waals surface area (Å²) in [6.45, 7) is 2.03. The maximum absolute atomic E-state index is 13.2. The molecule has 5 heteroatoms. The number of likely N-dealkylation sites (N-methyl/N-ethyl adjacent to an activating group) is 1. The van der Waals surface area contributed by atoms with E-state index in [2.05, 4.69) is 4.90 Å². The second-order valence-electron chi connectivity index (χ2n) is 6.03. The summed E-state index contributed by atoms with van der Waals surface area (Å²) in [4.78, 5) is 16.8. The van der Waals surface area contributed by atoms with Crippen LogP contribution in [0, 0.1) is 5.82 Å². The van der Waals surface area contributed by atoms with E-state index in [0.717, 1.165) is 12.1 Å². The fourth-order valence-electron chi connectivity index (χ4n) is 3.04. The third kappa shape index (κ3) is 3.41. The van der Waals surface area contributed by atoms with Gasteiger partial charge in [-0.25, -0.2) is 4.39 Å². The maximum Gasteiger partial charge on any atom is 0.254 e. The predicted molar refractivity (Wildman–Crippen MR) is 90.7 cm³/mol. The monoisotopic (exact) mass is 328 g/mol. The number of nitrogens with zero attached hydrogens (tertiary/aromatic N) is 2. The summed E-state index contributed by atoms with van der Waals surface area (Å²) < 4.78 is 18.4. The number of carbonyl (C=O) groups is 1. The smallest absolute Gasteiger partial charge is 0.254 e. The van der Waals surface area contributed by atoms with Crippen molar-refractivity contribution in [2.24, 2.45) is 0 Å². The number of amides is 1. The molecule has 1 saturated heterocycles. The summed E-state index contributed by atoms with van der Waals surface area (Å²) in [6, 6.07) is 13.8. The fraction of sp³-hybridized carbons (Fsp3) is 0.316. The Labute approximate surface area is 141 Å². The number of ether oxygens (including phenoxy) is 1. The van der Waals surface area contributed by atoms with Crippen molar-refractivity contribution in [2.75, 3.05) is 33.8 Å². The minimum absolute atomic E-state index is 0.00545. The number of methoxy groups -OCH3 is 1. The highest BCUT2D eigenvalue weighted by Crippen LogP contribution is 2.25. The summed E-state index contributed by atoms with van der Waals surface area (Å²) in [7, 11) is 3.62. The molecule has 0 N–H and O–H groups in total. The molecule has 0 spiro atoms. The van der Waals surface area contributed by atoms with Crippen molar-refractivity contribution >= 4 is 5.91 Å². The van der Waals surface area contributed by atoms with Crippen molar-refractivity contribution in [3.05, 3.63) is 65.5 Å². The summed E-state index contributed by atoms with van der Waals surface area (Å²) in [5, 5.41) is 0. The van der Waals surface area contributed by atoms with E-state index >= 15 is 0 Å². The lowest BCUT2D eigenvalue weighted by Crippen LogP contribution is -2.49. The molecule has 1 atom stereocenters. The van der Waals surface area contributed by atoms with Crippen molar-refractivity contribution < 1.29 is 13.9 Å². The standard InChI is InChI=1S/C19H21FN2O2/c1-21-10-11-22(13-18(21)14-6-8-16(20)9-7-14)19(23)15-4-3-5-17(12-15)24-2/h3-9,12,18H,10-11,13H2,1-2H3. The van der Waals surface area contributed by atoms with Crippen molar-refractivity contribution in [3.8, 4) is 5.75 Å². The molecule has 1 heterocycles. The molecular formula is C19H21FN2O2. The Kier molecular flexibility index (Phi) is 4.81. The number of hydrogen-bond donors (Lipinski definition) is 0. The van der Waals surface area contributed by atoms with Crippen LogP contribution in [0.5, 0.6) is 5.75 Å². The third-order valence-corrected chi connectivity index (χ3v) is 4.51. The van der Waals surface area contributed by atoms with E-state index in [9.17, 15) is 9.18 Å². The molecule has 0 bridgehead atoms. The first-order valence-corrected chi connectivity index (χ1v) is 7.97. The topological polar surface area (TPSA) is 32.8 Å². The zero-order valence-corrected chi connectivity index (χ0v) is 13.9. The van der Waals surface area contributed by atoms with Crippen LogP contribution in [-0.4, -0.2) is 49.5 Å². The van der Waals surface area contributed by atoms with Crippen LogP contribution in [0.1, 0.15) is 22.0 Å². The first kappa shape index (κ1) is 16.5. The SMILES string of the molecule is COc1cccc(C(=O)N2CCN(C)C(c3ccc(F)cc3)C2)c1. The number of benzene rings is 2. The molecule has 0 radical (unpaired) electrons. The van der Waals surface area contributed by atoms with E-state index in [1.807, 2.05) is 24.1 Å². The van der Waals surface area contributed by atoms with Gasteiger partial charge in [0.2, 0.25) is 0 Å². The van der Waals surface area contributed by atoms with Gasteiger partial charge in [0.05, 0.1) is 13.2 Å². The van der Waals surface area contributed by atoms with Gasteiger partial charge >= 0.3 is 0 Å². The van der Waals surface area contributed by atoms with Crippen molar-refractivity contribution in [2.45, 2.75) is 6.04 Å². The summed E-state index contributed by atoms with van der Waals surface area (Å²) in [5.74, 6) is 0.417. The highest BCUT2D eigenvalue weighted by molar-refractivity contribution is 5.94. The van der Waals surface area contributed by atoms with Crippen LogP contribution in [0.4, 0.5) is 4.39 Å². The molecule has 1 amide bonds. The van der Waals surface area contributed by atoms with Crippen molar-refractivity contribution in [1.29, 1.82) is 0 Å². The minimum Gasteiger partial charge on any atom is -0.497 e. The van der Waals surface area contributed by atoms with Crippen LogP contribution < -0.4 is 4.74 Å². The van der Waals surface area contributed by atoms with Gasteiger partial charge in [-0.2, -0.15) is 0 Å². The Balaban J connectivity index is 1.79. The third-order valence-electron chi connectivity index (χ3n) is 4.51. The molecule has 3 rings (SSSR count). The molecule has 1 aliphatic rings. The van der Waals surface area contributed by atoms with Gasteiger partial charge in [-0.15, -0.1) is 0 Å². The molecule has 2 aromatic rings. The average Bonchev–Trinajstić information content (AvgIpc) is 2.62. The molecule has 0 saturated carbocycles. The molecule has 4 nitrogen and oxygen atoms in total. The number of carbonyl (C=O) groups excluding carboxylic acids is 1. The van der Waals surface area contributed by atoms with Crippen LogP contribution in [0.2, 0.25) is 0 Å². The molecule has 1 aliphatic heterocycles. The van der Waals surface area contributed by atoms with Gasteiger partial charge in [0, 0.05) is 25.2 Å². The highest BCUT2D eigenvalue weighted by atomic mass is 19.1. The minimum atomic E-state index is -0.249. The fourth-order valence-corrected chi connectivity index (χ4v) is 3.04. The number of hydrogen-bond acceptors (Lipinski definition) is 3. The van der Waals surface area contributed by atoms with E-state index in [0.29, 0.717) is 24.4 Å². The van der Waals surface area contributed by atoms with Gasteiger partial charge in [-0.1, -0.05) is 18.2 Å². The van der Waals surface area contributed by atoms with Gasteiger partial charge in [-0.3, -0.25) is 9.69 Å². The lowest BCUT2D eigenvalue weighted by atomic mass is 10.0. The van der Waals surface area contributed by atoms with Gasteiger partial charge in [-0.05, 0) is 42.9 Å². The van der Waals surface area contributed by atoms with Crippen LogP contribution in [0.25, 0.3) is 0 Å². The zero-order chi connectivity index (χ0) is 17.1. The van der Waals surface area contributed by atoms with E-state index < -0.39 is 0 Å². The Morgan fingerprint density at radius 2 is 1.92 bits per heavy atom. The van der Waals surface area contributed by atoms with Crippen LogP contribution in [-0.2, 0) is 0 Å². The molecule has 0 aromatic heterocycles. The lowest BCUT2D eigenvalue weighted by Gasteiger charge is -2.39.